The van der Waals surface area contributed by atoms with Gasteiger partial charge in [-0.3, -0.25) is 14.4 Å². The summed E-state index contributed by atoms with van der Waals surface area (Å²) in [5.41, 5.74) is 4.85. The highest BCUT2D eigenvalue weighted by atomic mass is 35.5. The Balaban J connectivity index is 1.80. The number of fused-ring (bicyclic) bond motifs is 1. The van der Waals surface area contributed by atoms with Crippen LogP contribution in [0.3, 0.4) is 0 Å². The molecule has 0 aromatic carbocycles. The number of halogens is 1. The van der Waals surface area contributed by atoms with E-state index in [4.69, 9.17) is 17.5 Å². The highest BCUT2D eigenvalue weighted by Crippen LogP contribution is 2.65. The molecule has 8 nitrogen and oxygen atoms in total. The van der Waals surface area contributed by atoms with Crippen molar-refractivity contribution in [2.24, 2.45) is 34.3 Å². The molecule has 2 saturated carbocycles. The van der Waals surface area contributed by atoms with E-state index in [2.05, 4.69) is 24.0 Å². The molecule has 1 heterocycles. The first-order valence-corrected chi connectivity index (χ1v) is 11.6. The number of aliphatic hydroxyl groups is 1. The standard InChI is InChI=1S/C22H37ClN4O4/c1-21(2,3)17(26-23)20(31)27-10-12-14(22(12,4)5)15(27)19(30)25-13(16(28)18(24)29)9-11-7-6-8-11/h11-17,26,28H,6-10H2,1-5H3,(H2,24,29)(H,25,30)/t12?,13?,14?,15-,16?,17+/m0/s1. The average Bonchev–Trinajstić information content (AvgIpc) is 2.98. The number of nitrogens with zero attached hydrogens (tertiary/aromatic N) is 1. The normalized spacial score (nSPS) is 30.0. The minimum absolute atomic E-state index is 0.0301. The van der Waals surface area contributed by atoms with Gasteiger partial charge in [0.25, 0.3) is 0 Å². The van der Waals surface area contributed by atoms with Gasteiger partial charge in [0, 0.05) is 6.54 Å². The molecule has 1 saturated heterocycles. The second-order valence-electron chi connectivity index (χ2n) is 11.3. The first-order chi connectivity index (χ1) is 14.3. The number of piperidine rings is 1. The summed E-state index contributed by atoms with van der Waals surface area (Å²) in [4.78, 5) is 42.7. The maximum absolute atomic E-state index is 13.4. The molecule has 9 heteroatoms. The van der Waals surface area contributed by atoms with Gasteiger partial charge in [0.1, 0.15) is 12.1 Å². The molecule has 6 atom stereocenters. The van der Waals surface area contributed by atoms with E-state index in [1.54, 1.807) is 4.90 Å². The summed E-state index contributed by atoms with van der Waals surface area (Å²) in [6, 6.07) is -2.06. The molecule has 0 aromatic heterocycles. The number of carbonyl (C=O) groups excluding carboxylic acids is 3. The average molecular weight is 457 g/mol. The van der Waals surface area contributed by atoms with E-state index >= 15 is 0 Å². The minimum Gasteiger partial charge on any atom is -0.381 e. The van der Waals surface area contributed by atoms with Crippen LogP contribution in [0.15, 0.2) is 0 Å². The Morgan fingerprint density at radius 1 is 1.26 bits per heavy atom. The van der Waals surface area contributed by atoms with Gasteiger partial charge in [0.05, 0.1) is 6.04 Å². The molecular formula is C22H37ClN4O4. The number of carbonyl (C=O) groups is 3. The second kappa shape index (κ2) is 8.52. The maximum Gasteiger partial charge on any atom is 0.248 e. The predicted octanol–water partition coefficient (Wildman–Crippen LogP) is 1.15. The Morgan fingerprint density at radius 3 is 2.32 bits per heavy atom. The fraction of sp³-hybridized carbons (Fsp3) is 0.864. The molecule has 31 heavy (non-hydrogen) atoms. The van der Waals surface area contributed by atoms with Crippen LogP contribution in [0.25, 0.3) is 0 Å². The molecule has 0 spiro atoms. The third-order valence-corrected chi connectivity index (χ3v) is 8.01. The van der Waals surface area contributed by atoms with E-state index in [1.165, 1.54) is 0 Å². The molecule has 1 aliphatic heterocycles. The Bertz CT molecular complexity index is 734. The van der Waals surface area contributed by atoms with Gasteiger partial charge in [-0.25, -0.2) is 4.84 Å². The first-order valence-electron chi connectivity index (χ1n) is 11.2. The Morgan fingerprint density at radius 2 is 1.87 bits per heavy atom. The topological polar surface area (TPSA) is 125 Å². The molecule has 5 N–H and O–H groups in total. The molecule has 3 amide bonds. The van der Waals surface area contributed by atoms with Crippen molar-refractivity contribution in [2.75, 3.05) is 6.54 Å². The summed E-state index contributed by atoms with van der Waals surface area (Å²) >= 11 is 5.91. The molecule has 0 radical (unpaired) electrons. The van der Waals surface area contributed by atoms with Crippen LogP contribution in [0.5, 0.6) is 0 Å². The largest absolute Gasteiger partial charge is 0.381 e. The monoisotopic (exact) mass is 456 g/mol. The van der Waals surface area contributed by atoms with Crippen molar-refractivity contribution in [3.05, 3.63) is 0 Å². The van der Waals surface area contributed by atoms with Crippen LogP contribution < -0.4 is 15.9 Å². The Labute approximate surface area is 189 Å². The molecular weight excluding hydrogens is 420 g/mol. The quantitative estimate of drug-likeness (QED) is 0.408. The first kappa shape index (κ1) is 24.3. The number of nitrogens with one attached hydrogen (secondary N) is 2. The third kappa shape index (κ3) is 4.57. The van der Waals surface area contributed by atoms with Crippen LogP contribution in [0.4, 0.5) is 0 Å². The van der Waals surface area contributed by atoms with E-state index in [0.29, 0.717) is 18.9 Å². The summed E-state index contributed by atoms with van der Waals surface area (Å²) in [5, 5.41) is 13.2. The predicted molar refractivity (Wildman–Crippen MR) is 118 cm³/mol. The molecule has 3 aliphatic rings. The summed E-state index contributed by atoms with van der Waals surface area (Å²) < 4.78 is 0. The smallest absolute Gasteiger partial charge is 0.248 e. The molecule has 4 unspecified atom stereocenters. The molecule has 3 fully saturated rings. The maximum atomic E-state index is 13.4. The number of rotatable bonds is 8. The van der Waals surface area contributed by atoms with Gasteiger partial charge < -0.3 is 21.1 Å². The highest BCUT2D eigenvalue weighted by Gasteiger charge is 2.69. The molecule has 176 valence electrons. The number of amides is 3. The van der Waals surface area contributed by atoms with Crippen molar-refractivity contribution < 1.29 is 19.5 Å². The van der Waals surface area contributed by atoms with Gasteiger partial charge in [-0.15, -0.1) is 0 Å². The minimum atomic E-state index is -1.45. The van der Waals surface area contributed by atoms with Crippen LogP contribution >= 0.6 is 11.8 Å². The number of hydrogen-bond donors (Lipinski definition) is 4. The van der Waals surface area contributed by atoms with Gasteiger partial charge in [0.15, 0.2) is 6.10 Å². The van der Waals surface area contributed by atoms with E-state index in [9.17, 15) is 19.5 Å². The zero-order chi connectivity index (χ0) is 23.3. The van der Waals surface area contributed by atoms with Crippen LogP contribution in [0.1, 0.15) is 60.3 Å². The number of likely N-dealkylation sites (tertiary alicyclic amines) is 1. The van der Waals surface area contributed by atoms with E-state index in [-0.39, 0.29) is 29.1 Å². The lowest BCUT2D eigenvalue weighted by atomic mass is 9.79. The van der Waals surface area contributed by atoms with Gasteiger partial charge in [0.2, 0.25) is 17.7 Å². The summed E-state index contributed by atoms with van der Waals surface area (Å²) in [7, 11) is 0. The Hall–Kier alpha value is -1.38. The van der Waals surface area contributed by atoms with Crippen LogP contribution in [-0.2, 0) is 14.4 Å². The van der Waals surface area contributed by atoms with Crippen LogP contribution in [0, 0.1) is 28.6 Å². The highest BCUT2D eigenvalue weighted by molar-refractivity contribution is 6.15. The number of nitrogens with two attached hydrogens (primary N) is 1. The van der Waals surface area contributed by atoms with E-state index < -0.39 is 35.6 Å². The van der Waals surface area contributed by atoms with Gasteiger partial charge in [-0.2, -0.15) is 0 Å². The van der Waals surface area contributed by atoms with Crippen LogP contribution in [-0.4, -0.2) is 58.5 Å². The van der Waals surface area contributed by atoms with Crippen molar-refractivity contribution in [2.45, 2.75) is 84.5 Å². The third-order valence-electron chi connectivity index (χ3n) is 7.79. The van der Waals surface area contributed by atoms with E-state index in [0.717, 1.165) is 19.3 Å². The molecule has 0 aromatic rings. The summed E-state index contributed by atoms with van der Waals surface area (Å²) in [6.45, 7) is 10.5. The van der Waals surface area contributed by atoms with Gasteiger partial charge in [-0.1, -0.05) is 53.9 Å². The SMILES string of the molecule is CC1(C)C2CN(C(=O)[C@@H](NCl)C(C)(C)C)[C@H](C(=O)NC(CC3CCC3)C(O)C(N)=O)C21. The lowest BCUT2D eigenvalue weighted by Crippen LogP contribution is -2.59. The fourth-order valence-corrected chi connectivity index (χ4v) is 5.80. The fourth-order valence-electron chi connectivity index (χ4n) is 5.38. The zero-order valence-electron chi connectivity index (χ0n) is 19.2. The molecule has 0 bridgehead atoms. The van der Waals surface area contributed by atoms with Gasteiger partial charge >= 0.3 is 0 Å². The summed E-state index contributed by atoms with van der Waals surface area (Å²) in [5.74, 6) is -0.782. The number of aliphatic hydroxyl groups excluding tert-OH is 1. The number of primary amides is 1. The zero-order valence-corrected chi connectivity index (χ0v) is 19.9. The Kier molecular flexibility index (Phi) is 6.67. The number of hydrogen-bond acceptors (Lipinski definition) is 5. The lowest BCUT2D eigenvalue weighted by molar-refractivity contribution is -0.144. The van der Waals surface area contributed by atoms with Crippen molar-refractivity contribution >= 4 is 29.5 Å². The van der Waals surface area contributed by atoms with Gasteiger partial charge in [-0.05, 0) is 46.8 Å². The van der Waals surface area contributed by atoms with Crippen molar-refractivity contribution in [1.82, 2.24) is 15.1 Å². The van der Waals surface area contributed by atoms with Crippen molar-refractivity contribution in [3.63, 3.8) is 0 Å². The van der Waals surface area contributed by atoms with Crippen molar-refractivity contribution in [1.29, 1.82) is 0 Å². The summed E-state index contributed by atoms with van der Waals surface area (Å²) in [6.07, 6.45) is 2.18. The molecule has 3 rings (SSSR count). The second-order valence-corrected chi connectivity index (χ2v) is 11.5. The van der Waals surface area contributed by atoms with Crippen molar-refractivity contribution in [3.8, 4) is 0 Å². The van der Waals surface area contributed by atoms with E-state index in [1.807, 2.05) is 20.8 Å². The molecule has 2 aliphatic carbocycles. The van der Waals surface area contributed by atoms with Crippen LogP contribution in [0.2, 0.25) is 0 Å². The lowest BCUT2D eigenvalue weighted by Gasteiger charge is -2.37.